The summed E-state index contributed by atoms with van der Waals surface area (Å²) in [5.41, 5.74) is 1.30. The molecule has 22 heavy (non-hydrogen) atoms. The molecule has 4 heteroatoms. The Morgan fingerprint density at radius 3 is 2.55 bits per heavy atom. The number of rotatable bonds is 7. The van der Waals surface area contributed by atoms with Crippen molar-refractivity contribution in [2.75, 3.05) is 5.75 Å². The maximum Gasteiger partial charge on any atom is 0.230 e. The smallest absolute Gasteiger partial charge is 0.230 e. The summed E-state index contributed by atoms with van der Waals surface area (Å²) >= 11 is 7.55. The Hall–Kier alpha value is -1.45. The predicted molar refractivity (Wildman–Crippen MR) is 94.5 cm³/mol. The SMILES string of the molecule is CC(CCc1ccccc1)NC(=O)CSc1ccccc1Cl. The minimum absolute atomic E-state index is 0.0467. The zero-order valence-corrected chi connectivity index (χ0v) is 14.2. The minimum atomic E-state index is 0.0467. The number of aryl methyl sites for hydroxylation is 1. The molecule has 0 radical (unpaired) electrons. The van der Waals surface area contributed by atoms with Crippen LogP contribution in [-0.4, -0.2) is 17.7 Å². The maximum atomic E-state index is 12.0. The molecule has 0 saturated heterocycles. The monoisotopic (exact) mass is 333 g/mol. The van der Waals surface area contributed by atoms with Crippen molar-refractivity contribution in [2.24, 2.45) is 0 Å². The normalized spacial score (nSPS) is 11.9. The van der Waals surface area contributed by atoms with Crippen LogP contribution in [0.2, 0.25) is 5.02 Å². The lowest BCUT2D eigenvalue weighted by atomic mass is 10.1. The summed E-state index contributed by atoms with van der Waals surface area (Å²) in [7, 11) is 0. The third-order valence-corrected chi connectivity index (χ3v) is 4.83. The van der Waals surface area contributed by atoms with Gasteiger partial charge in [-0.2, -0.15) is 0 Å². The van der Waals surface area contributed by atoms with Crippen LogP contribution in [0.3, 0.4) is 0 Å². The van der Waals surface area contributed by atoms with E-state index in [1.54, 1.807) is 0 Å². The minimum Gasteiger partial charge on any atom is -0.353 e. The number of carbonyl (C=O) groups is 1. The first-order valence-corrected chi connectivity index (χ1v) is 8.72. The number of thioether (sulfide) groups is 1. The van der Waals surface area contributed by atoms with Crippen LogP contribution >= 0.6 is 23.4 Å². The largest absolute Gasteiger partial charge is 0.353 e. The highest BCUT2D eigenvalue weighted by Gasteiger charge is 2.09. The van der Waals surface area contributed by atoms with Crippen LogP contribution in [0, 0.1) is 0 Å². The van der Waals surface area contributed by atoms with E-state index in [4.69, 9.17) is 11.6 Å². The van der Waals surface area contributed by atoms with Crippen molar-refractivity contribution in [3.05, 3.63) is 65.2 Å². The van der Waals surface area contributed by atoms with Crippen LogP contribution in [0.25, 0.3) is 0 Å². The molecule has 0 heterocycles. The number of halogens is 1. The van der Waals surface area contributed by atoms with Gasteiger partial charge in [-0.3, -0.25) is 4.79 Å². The average molecular weight is 334 g/mol. The van der Waals surface area contributed by atoms with Gasteiger partial charge in [0.25, 0.3) is 0 Å². The molecular weight excluding hydrogens is 314 g/mol. The van der Waals surface area contributed by atoms with E-state index in [1.165, 1.54) is 17.3 Å². The van der Waals surface area contributed by atoms with Crippen molar-refractivity contribution >= 4 is 29.3 Å². The topological polar surface area (TPSA) is 29.1 Å². The number of hydrogen-bond donors (Lipinski definition) is 1. The molecule has 1 N–H and O–H groups in total. The molecule has 0 bridgehead atoms. The fourth-order valence-electron chi connectivity index (χ4n) is 2.12. The van der Waals surface area contributed by atoms with Crippen LogP contribution in [-0.2, 0) is 11.2 Å². The van der Waals surface area contributed by atoms with Gasteiger partial charge in [-0.15, -0.1) is 11.8 Å². The van der Waals surface area contributed by atoms with Crippen molar-refractivity contribution in [2.45, 2.75) is 30.7 Å². The van der Waals surface area contributed by atoms with E-state index < -0.39 is 0 Å². The molecule has 2 aromatic rings. The van der Waals surface area contributed by atoms with Gasteiger partial charge in [-0.25, -0.2) is 0 Å². The summed E-state index contributed by atoms with van der Waals surface area (Å²) in [6, 6.07) is 18.1. The Labute approximate surface area is 141 Å². The fraction of sp³-hybridized carbons (Fsp3) is 0.278. The maximum absolute atomic E-state index is 12.0. The molecule has 0 fully saturated rings. The van der Waals surface area contributed by atoms with Crippen LogP contribution in [0.15, 0.2) is 59.5 Å². The average Bonchev–Trinajstić information content (AvgIpc) is 2.53. The molecule has 0 spiro atoms. The molecule has 1 unspecified atom stereocenters. The highest BCUT2D eigenvalue weighted by Crippen LogP contribution is 2.26. The lowest BCUT2D eigenvalue weighted by molar-refractivity contribution is -0.119. The first-order valence-electron chi connectivity index (χ1n) is 7.36. The van der Waals surface area contributed by atoms with Gasteiger partial charge >= 0.3 is 0 Å². The molecule has 0 aliphatic heterocycles. The lowest BCUT2D eigenvalue weighted by Gasteiger charge is -2.14. The number of benzene rings is 2. The number of amides is 1. The second kappa shape index (κ2) is 8.86. The second-order valence-corrected chi connectivity index (χ2v) is 6.64. The van der Waals surface area contributed by atoms with Gasteiger partial charge in [0.05, 0.1) is 10.8 Å². The van der Waals surface area contributed by atoms with E-state index in [1.807, 2.05) is 49.4 Å². The predicted octanol–water partition coefficient (Wildman–Crippen LogP) is 4.57. The van der Waals surface area contributed by atoms with Gasteiger partial charge in [0, 0.05) is 10.9 Å². The van der Waals surface area contributed by atoms with Gasteiger partial charge in [-0.1, -0.05) is 54.1 Å². The number of nitrogens with one attached hydrogen (secondary N) is 1. The molecular formula is C18H20ClNOS. The van der Waals surface area contributed by atoms with Crippen LogP contribution in [0.5, 0.6) is 0 Å². The Morgan fingerprint density at radius 2 is 1.82 bits per heavy atom. The molecule has 1 amide bonds. The number of hydrogen-bond acceptors (Lipinski definition) is 2. The van der Waals surface area contributed by atoms with Gasteiger partial charge in [0.1, 0.15) is 0 Å². The molecule has 0 aromatic heterocycles. The summed E-state index contributed by atoms with van der Waals surface area (Å²) in [6.07, 6.45) is 1.91. The van der Waals surface area contributed by atoms with Crippen molar-refractivity contribution in [3.8, 4) is 0 Å². The standard InChI is InChI=1S/C18H20ClNOS/c1-14(11-12-15-7-3-2-4-8-15)20-18(21)13-22-17-10-6-5-9-16(17)19/h2-10,14H,11-13H2,1H3,(H,20,21). The quantitative estimate of drug-likeness (QED) is 0.752. The highest BCUT2D eigenvalue weighted by molar-refractivity contribution is 8.00. The van der Waals surface area contributed by atoms with E-state index in [2.05, 4.69) is 17.4 Å². The molecule has 1 atom stereocenters. The van der Waals surface area contributed by atoms with E-state index in [0.29, 0.717) is 10.8 Å². The van der Waals surface area contributed by atoms with E-state index >= 15 is 0 Å². The third-order valence-electron chi connectivity index (χ3n) is 3.31. The molecule has 0 aliphatic carbocycles. The van der Waals surface area contributed by atoms with Crippen LogP contribution < -0.4 is 5.32 Å². The molecule has 0 saturated carbocycles. The Balaban J connectivity index is 1.71. The van der Waals surface area contributed by atoms with Crippen LogP contribution in [0.1, 0.15) is 18.9 Å². The van der Waals surface area contributed by atoms with Gasteiger partial charge in [0.15, 0.2) is 0 Å². The molecule has 2 rings (SSSR count). The van der Waals surface area contributed by atoms with E-state index in [9.17, 15) is 4.79 Å². The summed E-state index contributed by atoms with van der Waals surface area (Å²) in [4.78, 5) is 12.9. The highest BCUT2D eigenvalue weighted by atomic mass is 35.5. The summed E-state index contributed by atoms with van der Waals surface area (Å²) in [5.74, 6) is 0.435. The Bertz CT molecular complexity index is 603. The van der Waals surface area contributed by atoms with Gasteiger partial charge in [-0.05, 0) is 37.5 Å². The summed E-state index contributed by atoms with van der Waals surface area (Å²) < 4.78 is 0. The second-order valence-electron chi connectivity index (χ2n) is 5.21. The van der Waals surface area contributed by atoms with E-state index in [0.717, 1.165) is 17.7 Å². The van der Waals surface area contributed by atoms with Crippen LogP contribution in [0.4, 0.5) is 0 Å². The molecule has 2 nitrogen and oxygen atoms in total. The molecule has 2 aromatic carbocycles. The molecule has 116 valence electrons. The van der Waals surface area contributed by atoms with Crippen molar-refractivity contribution < 1.29 is 4.79 Å². The fourth-order valence-corrected chi connectivity index (χ4v) is 3.17. The first-order chi connectivity index (χ1) is 10.6. The zero-order chi connectivity index (χ0) is 15.8. The summed E-state index contributed by atoms with van der Waals surface area (Å²) in [6.45, 7) is 2.04. The number of carbonyl (C=O) groups excluding carboxylic acids is 1. The summed E-state index contributed by atoms with van der Waals surface area (Å²) in [5, 5.41) is 3.73. The lowest BCUT2D eigenvalue weighted by Crippen LogP contribution is -2.34. The van der Waals surface area contributed by atoms with Gasteiger partial charge < -0.3 is 5.32 Å². The van der Waals surface area contributed by atoms with Crippen molar-refractivity contribution in [1.82, 2.24) is 5.32 Å². The Morgan fingerprint density at radius 1 is 1.14 bits per heavy atom. The zero-order valence-electron chi connectivity index (χ0n) is 12.6. The molecule has 0 aliphatic rings. The van der Waals surface area contributed by atoms with E-state index in [-0.39, 0.29) is 11.9 Å². The van der Waals surface area contributed by atoms with Crippen molar-refractivity contribution in [1.29, 1.82) is 0 Å². The van der Waals surface area contributed by atoms with Gasteiger partial charge in [0.2, 0.25) is 5.91 Å². The third kappa shape index (κ3) is 5.74. The first kappa shape index (κ1) is 16.9. The van der Waals surface area contributed by atoms with Crippen molar-refractivity contribution in [3.63, 3.8) is 0 Å². The Kier molecular flexibility index (Phi) is 6.81.